The zero-order valence-corrected chi connectivity index (χ0v) is 12.1. The van der Waals surface area contributed by atoms with Crippen molar-refractivity contribution in [3.63, 3.8) is 0 Å². The van der Waals surface area contributed by atoms with Gasteiger partial charge < -0.3 is 0 Å². The van der Waals surface area contributed by atoms with Gasteiger partial charge in [-0.1, -0.05) is 36.6 Å². The summed E-state index contributed by atoms with van der Waals surface area (Å²) in [6, 6.07) is 7.07. The number of carbonyl (C=O) groups is 2. The number of rotatable bonds is 2. The highest BCUT2D eigenvalue weighted by Crippen LogP contribution is 2.28. The Balaban J connectivity index is 1.60. The van der Waals surface area contributed by atoms with E-state index in [4.69, 9.17) is 0 Å². The van der Waals surface area contributed by atoms with Crippen LogP contribution >= 0.6 is 0 Å². The molecule has 3 heteroatoms. The Kier molecular flexibility index (Phi) is 4.17. The minimum absolute atomic E-state index is 0.0668. The highest BCUT2D eigenvalue weighted by atomic mass is 16.2. The summed E-state index contributed by atoms with van der Waals surface area (Å²) in [4.78, 5) is 26.7. The lowest BCUT2D eigenvalue weighted by molar-refractivity contribution is 0.0842. The summed E-state index contributed by atoms with van der Waals surface area (Å²) in [7, 11) is 0. The SMILES string of the molecule is O=C1c2ccccc2C(=O)C1CC#CCN1CCCCC1. The Morgan fingerprint density at radius 2 is 1.57 bits per heavy atom. The monoisotopic (exact) mass is 281 g/mol. The van der Waals surface area contributed by atoms with E-state index in [-0.39, 0.29) is 11.6 Å². The predicted octanol–water partition coefficient (Wildman–Crippen LogP) is 2.56. The Morgan fingerprint density at radius 3 is 2.19 bits per heavy atom. The van der Waals surface area contributed by atoms with Crippen LogP contribution in [0.25, 0.3) is 0 Å². The molecule has 1 fully saturated rings. The molecule has 0 N–H and O–H groups in total. The van der Waals surface area contributed by atoms with Crippen molar-refractivity contribution in [3.8, 4) is 11.8 Å². The van der Waals surface area contributed by atoms with Gasteiger partial charge in [-0.15, -0.1) is 5.92 Å². The highest BCUT2D eigenvalue weighted by molar-refractivity contribution is 6.26. The first-order chi connectivity index (χ1) is 10.3. The molecule has 1 aromatic carbocycles. The maximum absolute atomic E-state index is 12.2. The number of ketones is 2. The first-order valence-corrected chi connectivity index (χ1v) is 7.63. The van der Waals surface area contributed by atoms with E-state index in [1.807, 2.05) is 0 Å². The molecule has 0 unspecified atom stereocenters. The summed E-state index contributed by atoms with van der Waals surface area (Å²) in [6.07, 6.45) is 4.15. The summed E-state index contributed by atoms with van der Waals surface area (Å²) >= 11 is 0. The lowest BCUT2D eigenvalue weighted by atomic mass is 10.0. The average molecular weight is 281 g/mol. The zero-order valence-electron chi connectivity index (χ0n) is 12.1. The van der Waals surface area contributed by atoms with Gasteiger partial charge in [0.1, 0.15) is 0 Å². The van der Waals surface area contributed by atoms with Crippen molar-refractivity contribution < 1.29 is 9.59 Å². The van der Waals surface area contributed by atoms with Gasteiger partial charge in [-0.25, -0.2) is 0 Å². The van der Waals surface area contributed by atoms with Crippen LogP contribution in [0.3, 0.4) is 0 Å². The molecule has 108 valence electrons. The fourth-order valence-electron chi connectivity index (χ4n) is 3.05. The second-order valence-electron chi connectivity index (χ2n) is 5.72. The Hall–Kier alpha value is -1.92. The van der Waals surface area contributed by atoms with Crippen LogP contribution < -0.4 is 0 Å². The Morgan fingerprint density at radius 1 is 0.952 bits per heavy atom. The maximum atomic E-state index is 12.2. The summed E-state index contributed by atoms with van der Waals surface area (Å²) in [6.45, 7) is 2.98. The van der Waals surface area contributed by atoms with Crippen molar-refractivity contribution in [1.82, 2.24) is 4.90 Å². The molecule has 1 saturated heterocycles. The molecule has 3 rings (SSSR count). The van der Waals surface area contributed by atoms with Crippen LogP contribution in [0.15, 0.2) is 24.3 Å². The number of fused-ring (bicyclic) bond motifs is 1. The van der Waals surface area contributed by atoms with Crippen LogP contribution in [-0.4, -0.2) is 36.1 Å². The van der Waals surface area contributed by atoms with Gasteiger partial charge in [-0.05, 0) is 25.9 Å². The van der Waals surface area contributed by atoms with E-state index in [0.29, 0.717) is 17.5 Å². The number of piperidine rings is 1. The molecule has 0 spiro atoms. The molecular formula is C18H19NO2. The van der Waals surface area contributed by atoms with Crippen molar-refractivity contribution in [2.75, 3.05) is 19.6 Å². The van der Waals surface area contributed by atoms with Crippen LogP contribution in [0.5, 0.6) is 0 Å². The number of nitrogens with zero attached hydrogens (tertiary/aromatic N) is 1. The number of carbonyl (C=O) groups excluding carboxylic acids is 2. The van der Waals surface area contributed by atoms with E-state index in [0.717, 1.165) is 19.6 Å². The first kappa shape index (κ1) is 14.0. The van der Waals surface area contributed by atoms with Gasteiger partial charge in [0.25, 0.3) is 0 Å². The van der Waals surface area contributed by atoms with Gasteiger partial charge in [0.05, 0.1) is 12.5 Å². The van der Waals surface area contributed by atoms with Crippen LogP contribution in [0.4, 0.5) is 0 Å². The van der Waals surface area contributed by atoms with Crippen molar-refractivity contribution >= 4 is 11.6 Å². The van der Waals surface area contributed by atoms with Gasteiger partial charge in [-0.2, -0.15) is 0 Å². The van der Waals surface area contributed by atoms with E-state index in [9.17, 15) is 9.59 Å². The van der Waals surface area contributed by atoms with E-state index < -0.39 is 5.92 Å². The predicted molar refractivity (Wildman–Crippen MR) is 81.3 cm³/mol. The topological polar surface area (TPSA) is 37.4 Å². The quantitative estimate of drug-likeness (QED) is 0.617. The molecular weight excluding hydrogens is 262 g/mol. The zero-order chi connectivity index (χ0) is 14.7. The average Bonchev–Trinajstić information content (AvgIpc) is 2.77. The molecule has 0 bridgehead atoms. The summed E-state index contributed by atoms with van der Waals surface area (Å²) in [5.41, 5.74) is 1.12. The molecule has 1 aliphatic heterocycles. The molecule has 3 nitrogen and oxygen atoms in total. The van der Waals surface area contributed by atoms with Crippen LogP contribution in [0.2, 0.25) is 0 Å². The summed E-state index contributed by atoms with van der Waals surface area (Å²) < 4.78 is 0. The van der Waals surface area contributed by atoms with Gasteiger partial charge in [0.15, 0.2) is 11.6 Å². The highest BCUT2D eigenvalue weighted by Gasteiger charge is 2.37. The molecule has 1 aromatic rings. The van der Waals surface area contributed by atoms with Crippen molar-refractivity contribution in [2.45, 2.75) is 25.7 Å². The molecule has 0 saturated carbocycles. The van der Waals surface area contributed by atoms with Gasteiger partial charge >= 0.3 is 0 Å². The van der Waals surface area contributed by atoms with Crippen molar-refractivity contribution in [2.24, 2.45) is 5.92 Å². The lowest BCUT2D eigenvalue weighted by Gasteiger charge is -2.23. The van der Waals surface area contributed by atoms with Crippen molar-refractivity contribution in [3.05, 3.63) is 35.4 Å². The van der Waals surface area contributed by atoms with E-state index in [1.54, 1.807) is 24.3 Å². The molecule has 0 radical (unpaired) electrons. The number of hydrogen-bond donors (Lipinski definition) is 0. The Bertz CT molecular complexity index is 583. The van der Waals surface area contributed by atoms with Crippen LogP contribution in [0, 0.1) is 17.8 Å². The van der Waals surface area contributed by atoms with Crippen LogP contribution in [0.1, 0.15) is 46.4 Å². The summed E-state index contributed by atoms with van der Waals surface area (Å²) in [5.74, 6) is 5.44. The van der Waals surface area contributed by atoms with Gasteiger partial charge in [-0.3, -0.25) is 14.5 Å². The van der Waals surface area contributed by atoms with Gasteiger partial charge in [0.2, 0.25) is 0 Å². The normalized spacial score (nSPS) is 19.2. The molecule has 21 heavy (non-hydrogen) atoms. The largest absolute Gasteiger partial charge is 0.293 e. The third-order valence-electron chi connectivity index (χ3n) is 4.27. The fraction of sp³-hybridized carbons (Fsp3) is 0.444. The van der Waals surface area contributed by atoms with E-state index in [1.165, 1.54) is 19.3 Å². The first-order valence-electron chi connectivity index (χ1n) is 7.63. The van der Waals surface area contributed by atoms with Gasteiger partial charge in [0, 0.05) is 17.5 Å². The van der Waals surface area contributed by atoms with E-state index >= 15 is 0 Å². The minimum atomic E-state index is -0.587. The number of likely N-dealkylation sites (tertiary alicyclic amines) is 1. The molecule has 1 aliphatic carbocycles. The molecule has 1 heterocycles. The maximum Gasteiger partial charge on any atom is 0.175 e. The third kappa shape index (κ3) is 2.91. The molecule has 2 aliphatic rings. The second-order valence-corrected chi connectivity index (χ2v) is 5.72. The minimum Gasteiger partial charge on any atom is -0.293 e. The summed E-state index contributed by atoms with van der Waals surface area (Å²) in [5, 5.41) is 0. The Labute approximate surface area is 125 Å². The second kappa shape index (κ2) is 6.24. The fourth-order valence-corrected chi connectivity index (χ4v) is 3.05. The number of Topliss-reactive ketones (excluding diaryl/α,β-unsaturated/α-hetero) is 2. The van der Waals surface area contributed by atoms with E-state index in [2.05, 4.69) is 16.7 Å². The smallest absolute Gasteiger partial charge is 0.175 e. The molecule has 0 amide bonds. The lowest BCUT2D eigenvalue weighted by Crippen LogP contribution is -2.29. The molecule has 0 atom stereocenters. The number of benzene rings is 1. The van der Waals surface area contributed by atoms with Crippen molar-refractivity contribution in [1.29, 1.82) is 0 Å². The number of hydrogen-bond acceptors (Lipinski definition) is 3. The van der Waals surface area contributed by atoms with Crippen LogP contribution in [-0.2, 0) is 0 Å². The third-order valence-corrected chi connectivity index (χ3v) is 4.27. The molecule has 0 aromatic heterocycles. The standard InChI is InChI=1S/C18H19NO2/c20-17-14-8-2-3-9-15(14)18(21)16(17)10-4-7-13-19-11-5-1-6-12-19/h2-3,8-9,16H,1,5-6,10-13H2.